The van der Waals surface area contributed by atoms with Gasteiger partial charge < -0.3 is 40.3 Å². The van der Waals surface area contributed by atoms with Crippen molar-refractivity contribution in [3.63, 3.8) is 0 Å². The Labute approximate surface area is 469 Å². The van der Waals surface area contributed by atoms with Gasteiger partial charge in [0.15, 0.2) is 6.29 Å². The zero-order valence-electron chi connectivity index (χ0n) is 49.8. The van der Waals surface area contributed by atoms with Crippen LogP contribution in [0.25, 0.3) is 0 Å². The first-order chi connectivity index (χ1) is 37.3. The normalized spacial score (nSPS) is 19.1. The van der Waals surface area contributed by atoms with Gasteiger partial charge in [0.2, 0.25) is 5.91 Å². The molecule has 0 aliphatic carbocycles. The zero-order chi connectivity index (χ0) is 55.0. The molecule has 1 rings (SSSR count). The van der Waals surface area contributed by atoms with E-state index in [1.807, 2.05) is 6.08 Å². The highest BCUT2D eigenvalue weighted by Gasteiger charge is 2.44. The quantitative estimate of drug-likeness (QED) is 0.0261. The van der Waals surface area contributed by atoms with Crippen molar-refractivity contribution in [1.82, 2.24) is 5.32 Å². The number of carbonyl (C=O) groups is 1. The fourth-order valence-electron chi connectivity index (χ4n) is 10.4. The van der Waals surface area contributed by atoms with E-state index in [9.17, 15) is 30.3 Å². The van der Waals surface area contributed by atoms with Crippen LogP contribution in [0.1, 0.15) is 316 Å². The Morgan fingerprint density at radius 3 is 1.18 bits per heavy atom. The molecule has 0 spiro atoms. The fourth-order valence-corrected chi connectivity index (χ4v) is 10.4. The number of rotatable bonds is 57. The minimum Gasteiger partial charge on any atom is -0.394 e. The van der Waals surface area contributed by atoms with E-state index in [0.717, 1.165) is 44.9 Å². The van der Waals surface area contributed by atoms with E-state index in [2.05, 4.69) is 55.6 Å². The second kappa shape index (κ2) is 56.4. The van der Waals surface area contributed by atoms with Gasteiger partial charge in [-0.2, -0.15) is 0 Å². The molecular weight excluding hydrogens is 947 g/mol. The molecule has 76 heavy (non-hydrogen) atoms. The molecule has 0 radical (unpaired) electrons. The summed E-state index contributed by atoms with van der Waals surface area (Å²) in [4.78, 5) is 13.1. The second-order valence-corrected chi connectivity index (χ2v) is 22.9. The van der Waals surface area contributed by atoms with Crippen LogP contribution in [0.5, 0.6) is 0 Å². The van der Waals surface area contributed by atoms with Crippen LogP contribution < -0.4 is 5.32 Å². The van der Waals surface area contributed by atoms with Crippen molar-refractivity contribution in [3.05, 3.63) is 48.6 Å². The Hall–Kier alpha value is -1.85. The van der Waals surface area contributed by atoms with E-state index in [4.69, 9.17) is 9.47 Å². The molecule has 0 saturated carbocycles. The summed E-state index contributed by atoms with van der Waals surface area (Å²) in [6, 6.07) is -0.827. The molecule has 1 aliphatic rings. The van der Waals surface area contributed by atoms with Crippen LogP contribution in [0.15, 0.2) is 48.6 Å². The Morgan fingerprint density at radius 2 is 0.789 bits per heavy atom. The highest BCUT2D eigenvalue weighted by atomic mass is 16.7. The molecule has 7 unspecified atom stereocenters. The Morgan fingerprint density at radius 1 is 0.447 bits per heavy atom. The van der Waals surface area contributed by atoms with E-state index < -0.39 is 49.5 Å². The van der Waals surface area contributed by atoms with E-state index >= 15 is 0 Å². The van der Waals surface area contributed by atoms with Crippen LogP contribution in [0.4, 0.5) is 0 Å². The van der Waals surface area contributed by atoms with Gasteiger partial charge in [-0.15, -0.1) is 0 Å². The van der Waals surface area contributed by atoms with Crippen molar-refractivity contribution in [2.45, 2.75) is 358 Å². The first-order valence-corrected chi connectivity index (χ1v) is 32.9. The summed E-state index contributed by atoms with van der Waals surface area (Å²) in [5.74, 6) is -0.188. The van der Waals surface area contributed by atoms with Crippen molar-refractivity contribution in [3.8, 4) is 0 Å². The summed E-state index contributed by atoms with van der Waals surface area (Å²) in [6.07, 6.45) is 69.2. The molecule has 0 aromatic rings. The van der Waals surface area contributed by atoms with Crippen LogP contribution in [-0.4, -0.2) is 87.5 Å². The third-order valence-electron chi connectivity index (χ3n) is 15.6. The van der Waals surface area contributed by atoms with Gasteiger partial charge in [-0.05, 0) is 64.2 Å². The minimum absolute atomic E-state index is 0.188. The topological polar surface area (TPSA) is 149 Å². The Kier molecular flexibility index (Phi) is 53.6. The fraction of sp³-hybridized carbons (Fsp3) is 0.866. The molecule has 7 atom stereocenters. The highest BCUT2D eigenvalue weighted by molar-refractivity contribution is 5.76. The summed E-state index contributed by atoms with van der Waals surface area (Å²) < 4.78 is 11.3. The Bertz CT molecular complexity index is 1340. The molecule has 9 nitrogen and oxygen atoms in total. The number of unbranched alkanes of at least 4 members (excludes halogenated alkanes) is 41. The maximum atomic E-state index is 13.1. The molecular formula is C67H125NO8. The molecule has 6 N–H and O–H groups in total. The van der Waals surface area contributed by atoms with Crippen molar-refractivity contribution in [1.29, 1.82) is 0 Å². The standard InChI is InChI=1S/C67H125NO8/c1-3-5-7-9-11-13-15-17-19-21-23-25-26-27-28-29-30-31-32-33-34-35-37-38-40-42-44-46-48-50-52-54-56-61(70)60(59-75-67-66(74)65(73)64(72)62(58-69)76-67)68-63(71)57-55-53-51-49-47-45-43-41-39-36-24-22-20-18-16-14-12-10-8-6-4-2/h16,18,22,24,46,48,54,56,60-62,64-67,69-70,72-74H,3-15,17,19-21,23,25-45,47,49-53,55,57-59H2,1-2H3,(H,68,71)/b18-16-,24-22-,48-46+,56-54+. The van der Waals surface area contributed by atoms with Crippen LogP contribution in [0, 0.1) is 0 Å². The molecule has 0 aromatic carbocycles. The second-order valence-electron chi connectivity index (χ2n) is 22.9. The Balaban J connectivity index is 2.17. The number of carbonyl (C=O) groups excluding carboxylic acids is 1. The molecule has 1 heterocycles. The average Bonchev–Trinajstić information content (AvgIpc) is 3.42. The number of nitrogens with one attached hydrogen (secondary N) is 1. The number of ether oxygens (including phenoxy) is 2. The lowest BCUT2D eigenvalue weighted by molar-refractivity contribution is -0.302. The SMILES string of the molecule is CCCCCCC/C=C\C/C=C\CCCCCCCCCCCC(=O)NC(COC1OC(CO)C(O)C(O)C1O)C(O)/C=C/CC/C=C/CCCCCCCCCCCCCCCCCCCCCCCCCCCC. The van der Waals surface area contributed by atoms with E-state index in [1.165, 1.54) is 250 Å². The summed E-state index contributed by atoms with van der Waals surface area (Å²) >= 11 is 0. The molecule has 1 amide bonds. The van der Waals surface area contributed by atoms with Crippen LogP contribution >= 0.6 is 0 Å². The molecule has 0 aromatic heterocycles. The van der Waals surface area contributed by atoms with Gasteiger partial charge in [-0.25, -0.2) is 0 Å². The number of aliphatic hydroxyl groups is 5. The third-order valence-corrected chi connectivity index (χ3v) is 15.6. The summed E-state index contributed by atoms with van der Waals surface area (Å²) in [6.45, 7) is 3.79. The van der Waals surface area contributed by atoms with Crippen molar-refractivity contribution < 1.29 is 39.8 Å². The number of hydrogen-bond donors (Lipinski definition) is 6. The minimum atomic E-state index is -1.57. The third kappa shape index (κ3) is 44.9. The average molecular weight is 1070 g/mol. The predicted molar refractivity (Wildman–Crippen MR) is 323 cm³/mol. The molecule has 1 saturated heterocycles. The van der Waals surface area contributed by atoms with Crippen molar-refractivity contribution in [2.24, 2.45) is 0 Å². The lowest BCUT2D eigenvalue weighted by Crippen LogP contribution is -2.60. The molecule has 9 heteroatoms. The first kappa shape index (κ1) is 72.2. The largest absolute Gasteiger partial charge is 0.394 e. The zero-order valence-corrected chi connectivity index (χ0v) is 49.8. The maximum Gasteiger partial charge on any atom is 0.220 e. The van der Waals surface area contributed by atoms with Crippen LogP contribution in [0.3, 0.4) is 0 Å². The van der Waals surface area contributed by atoms with Gasteiger partial charge in [-0.1, -0.05) is 294 Å². The van der Waals surface area contributed by atoms with Crippen LogP contribution in [0.2, 0.25) is 0 Å². The molecule has 1 fully saturated rings. The summed E-state index contributed by atoms with van der Waals surface area (Å²) in [5, 5.41) is 54.6. The lowest BCUT2D eigenvalue weighted by atomic mass is 9.99. The smallest absolute Gasteiger partial charge is 0.220 e. The number of allylic oxidation sites excluding steroid dienone is 7. The number of aliphatic hydroxyl groups excluding tert-OH is 5. The molecule has 446 valence electrons. The monoisotopic (exact) mass is 1070 g/mol. The number of amides is 1. The van der Waals surface area contributed by atoms with E-state index in [0.29, 0.717) is 6.42 Å². The van der Waals surface area contributed by atoms with Crippen molar-refractivity contribution >= 4 is 5.91 Å². The highest BCUT2D eigenvalue weighted by Crippen LogP contribution is 2.23. The van der Waals surface area contributed by atoms with Gasteiger partial charge in [0.05, 0.1) is 25.4 Å². The van der Waals surface area contributed by atoms with Gasteiger partial charge >= 0.3 is 0 Å². The number of hydrogen-bond acceptors (Lipinski definition) is 8. The van der Waals surface area contributed by atoms with E-state index in [1.54, 1.807) is 6.08 Å². The van der Waals surface area contributed by atoms with Gasteiger partial charge in [0, 0.05) is 6.42 Å². The predicted octanol–water partition coefficient (Wildman–Crippen LogP) is 17.2. The van der Waals surface area contributed by atoms with Gasteiger partial charge in [0.25, 0.3) is 0 Å². The van der Waals surface area contributed by atoms with Gasteiger partial charge in [0.1, 0.15) is 24.4 Å². The van der Waals surface area contributed by atoms with Gasteiger partial charge in [-0.3, -0.25) is 4.79 Å². The first-order valence-electron chi connectivity index (χ1n) is 32.9. The van der Waals surface area contributed by atoms with Crippen molar-refractivity contribution in [2.75, 3.05) is 13.2 Å². The van der Waals surface area contributed by atoms with Crippen LogP contribution in [-0.2, 0) is 14.3 Å². The molecule has 0 bridgehead atoms. The van der Waals surface area contributed by atoms with E-state index in [-0.39, 0.29) is 12.5 Å². The maximum absolute atomic E-state index is 13.1. The lowest BCUT2D eigenvalue weighted by Gasteiger charge is -2.40. The summed E-state index contributed by atoms with van der Waals surface area (Å²) in [7, 11) is 0. The molecule has 1 aliphatic heterocycles. The summed E-state index contributed by atoms with van der Waals surface area (Å²) in [5.41, 5.74) is 0.